The molecule has 4 heteroatoms. The van der Waals surface area contributed by atoms with Crippen LogP contribution in [0.2, 0.25) is 0 Å². The zero-order chi connectivity index (χ0) is 17.4. The molecule has 0 unspecified atom stereocenters. The number of nitrogens with zero attached hydrogens (tertiary/aromatic N) is 1. The molecule has 0 amide bonds. The zero-order valence-corrected chi connectivity index (χ0v) is 14.8. The molecule has 2 aliphatic carbocycles. The fourth-order valence-electron chi connectivity index (χ4n) is 4.28. The van der Waals surface area contributed by atoms with Crippen LogP contribution in [0, 0.1) is 6.92 Å². The van der Waals surface area contributed by atoms with Gasteiger partial charge in [-0.3, -0.25) is 4.79 Å². The number of aliphatic hydroxyl groups excluding tert-OH is 1. The van der Waals surface area contributed by atoms with Crippen LogP contribution in [-0.2, 0) is 6.42 Å². The Bertz CT molecular complexity index is 785. The number of Topliss-reactive ketones (excluding diaryl/α,β-unsaturated/α-hetero) is 1. The van der Waals surface area contributed by atoms with Gasteiger partial charge in [-0.25, -0.2) is 0 Å². The van der Waals surface area contributed by atoms with Gasteiger partial charge in [0.25, 0.3) is 0 Å². The molecule has 0 radical (unpaired) electrons. The van der Waals surface area contributed by atoms with Crippen molar-refractivity contribution in [3.8, 4) is 5.69 Å². The third-order valence-corrected chi connectivity index (χ3v) is 5.58. The molecule has 0 bridgehead atoms. The summed E-state index contributed by atoms with van der Waals surface area (Å²) < 4.78 is 2.19. The van der Waals surface area contributed by atoms with Crippen LogP contribution in [0.5, 0.6) is 0 Å². The normalized spacial score (nSPS) is 23.4. The highest BCUT2D eigenvalue weighted by Crippen LogP contribution is 2.30. The Morgan fingerprint density at radius 2 is 1.96 bits per heavy atom. The second-order valence-corrected chi connectivity index (χ2v) is 7.48. The predicted molar refractivity (Wildman–Crippen MR) is 99.7 cm³/mol. The van der Waals surface area contributed by atoms with Crippen LogP contribution >= 0.6 is 0 Å². The maximum Gasteiger partial charge on any atom is 0.164 e. The fraction of sp³-hybridized carbons (Fsp3) is 0.476. The van der Waals surface area contributed by atoms with E-state index in [1.807, 2.05) is 6.92 Å². The largest absolute Gasteiger partial charge is 0.393 e. The Morgan fingerprint density at radius 3 is 2.76 bits per heavy atom. The van der Waals surface area contributed by atoms with Crippen LogP contribution in [0.4, 0.5) is 5.69 Å². The smallest absolute Gasteiger partial charge is 0.164 e. The van der Waals surface area contributed by atoms with Gasteiger partial charge in [-0.2, -0.15) is 0 Å². The van der Waals surface area contributed by atoms with Crippen LogP contribution in [0.3, 0.4) is 0 Å². The standard InChI is InChI=1S/C21H26N2O2/c1-14-13-23(19-6-3-7-20(25)21(14)19)17-5-2-4-16(12-17)22-15-8-10-18(24)11-9-15/h2,4-5,12-13,15,18,22,24H,3,6-11H2,1H3. The summed E-state index contributed by atoms with van der Waals surface area (Å²) in [5, 5.41) is 13.3. The van der Waals surface area contributed by atoms with Crippen molar-refractivity contribution < 1.29 is 9.90 Å². The van der Waals surface area contributed by atoms with Gasteiger partial charge in [0, 0.05) is 41.3 Å². The molecule has 1 aromatic carbocycles. The van der Waals surface area contributed by atoms with Crippen LogP contribution < -0.4 is 5.32 Å². The third-order valence-electron chi connectivity index (χ3n) is 5.58. The Balaban J connectivity index is 1.60. The highest BCUT2D eigenvalue weighted by Gasteiger charge is 2.24. The molecule has 4 nitrogen and oxygen atoms in total. The lowest BCUT2D eigenvalue weighted by Crippen LogP contribution is -2.28. The van der Waals surface area contributed by atoms with E-state index in [4.69, 9.17) is 0 Å². The first-order valence-electron chi connectivity index (χ1n) is 9.41. The van der Waals surface area contributed by atoms with Gasteiger partial charge in [0.15, 0.2) is 5.78 Å². The number of nitrogens with one attached hydrogen (secondary N) is 1. The fourth-order valence-corrected chi connectivity index (χ4v) is 4.28. The minimum atomic E-state index is -0.128. The number of aliphatic hydroxyl groups is 1. The molecule has 0 saturated heterocycles. The molecule has 2 aromatic rings. The van der Waals surface area contributed by atoms with E-state index in [9.17, 15) is 9.90 Å². The van der Waals surface area contributed by atoms with Gasteiger partial charge in [-0.05, 0) is 69.2 Å². The first kappa shape index (κ1) is 16.4. The van der Waals surface area contributed by atoms with Crippen molar-refractivity contribution in [2.75, 3.05) is 5.32 Å². The summed E-state index contributed by atoms with van der Waals surface area (Å²) in [5.41, 5.74) is 5.40. The molecule has 1 heterocycles. The number of fused-ring (bicyclic) bond motifs is 1. The first-order chi connectivity index (χ1) is 12.1. The number of benzene rings is 1. The molecule has 132 valence electrons. The molecule has 0 aliphatic heterocycles. The highest BCUT2D eigenvalue weighted by atomic mass is 16.3. The Kier molecular flexibility index (Phi) is 4.38. The van der Waals surface area contributed by atoms with Gasteiger partial charge in [-0.1, -0.05) is 6.07 Å². The monoisotopic (exact) mass is 338 g/mol. The number of carbonyl (C=O) groups is 1. The van der Waals surface area contributed by atoms with E-state index in [1.54, 1.807) is 0 Å². The van der Waals surface area contributed by atoms with E-state index in [0.717, 1.165) is 66.7 Å². The minimum Gasteiger partial charge on any atom is -0.393 e. The zero-order valence-electron chi connectivity index (χ0n) is 14.8. The van der Waals surface area contributed by atoms with Gasteiger partial charge in [0.05, 0.1) is 6.10 Å². The van der Waals surface area contributed by atoms with Crippen molar-refractivity contribution >= 4 is 11.5 Å². The Morgan fingerprint density at radius 1 is 1.16 bits per heavy atom. The molecule has 1 saturated carbocycles. The van der Waals surface area contributed by atoms with E-state index in [-0.39, 0.29) is 11.9 Å². The lowest BCUT2D eigenvalue weighted by atomic mass is 9.93. The molecule has 0 atom stereocenters. The number of aryl methyl sites for hydroxylation is 1. The molecule has 1 aromatic heterocycles. The SMILES string of the molecule is Cc1cn(-c2cccc(NC3CCC(O)CC3)c2)c2c1C(=O)CCC2. The Labute approximate surface area is 148 Å². The summed E-state index contributed by atoms with van der Waals surface area (Å²) in [6, 6.07) is 8.88. The summed E-state index contributed by atoms with van der Waals surface area (Å²) in [7, 11) is 0. The number of aromatic nitrogens is 1. The first-order valence-corrected chi connectivity index (χ1v) is 9.41. The van der Waals surface area contributed by atoms with Gasteiger partial charge in [-0.15, -0.1) is 0 Å². The number of rotatable bonds is 3. The second kappa shape index (κ2) is 6.68. The number of hydrogen-bond donors (Lipinski definition) is 2. The van der Waals surface area contributed by atoms with E-state index in [0.29, 0.717) is 12.5 Å². The molecule has 2 aliphatic rings. The molecular formula is C21H26N2O2. The average Bonchev–Trinajstić information content (AvgIpc) is 2.95. The van der Waals surface area contributed by atoms with Crippen molar-refractivity contribution in [2.24, 2.45) is 0 Å². The summed E-state index contributed by atoms with van der Waals surface area (Å²) in [4.78, 5) is 12.3. The van der Waals surface area contributed by atoms with Crippen molar-refractivity contribution in [1.29, 1.82) is 0 Å². The summed E-state index contributed by atoms with van der Waals surface area (Å²) >= 11 is 0. The summed E-state index contributed by atoms with van der Waals surface area (Å²) in [6.07, 6.45) is 8.33. The number of hydrogen-bond acceptors (Lipinski definition) is 3. The second-order valence-electron chi connectivity index (χ2n) is 7.48. The topological polar surface area (TPSA) is 54.3 Å². The molecular weight excluding hydrogens is 312 g/mol. The molecule has 0 spiro atoms. The maximum absolute atomic E-state index is 12.3. The van der Waals surface area contributed by atoms with E-state index >= 15 is 0 Å². The van der Waals surface area contributed by atoms with Crippen molar-refractivity contribution in [3.05, 3.63) is 47.3 Å². The average molecular weight is 338 g/mol. The van der Waals surface area contributed by atoms with Gasteiger partial charge in [0.1, 0.15) is 0 Å². The number of ketones is 1. The van der Waals surface area contributed by atoms with Gasteiger partial charge in [0.2, 0.25) is 0 Å². The summed E-state index contributed by atoms with van der Waals surface area (Å²) in [6.45, 7) is 2.04. The van der Waals surface area contributed by atoms with Gasteiger partial charge < -0.3 is 15.0 Å². The lowest BCUT2D eigenvalue weighted by molar-refractivity contribution is 0.0971. The maximum atomic E-state index is 12.3. The van der Waals surface area contributed by atoms with Crippen LogP contribution in [0.15, 0.2) is 30.5 Å². The molecule has 2 N–H and O–H groups in total. The minimum absolute atomic E-state index is 0.128. The van der Waals surface area contributed by atoms with Crippen molar-refractivity contribution in [2.45, 2.75) is 64.0 Å². The van der Waals surface area contributed by atoms with E-state index < -0.39 is 0 Å². The molecule has 4 rings (SSSR count). The highest BCUT2D eigenvalue weighted by molar-refractivity contribution is 5.99. The van der Waals surface area contributed by atoms with Crippen LogP contribution in [0.1, 0.15) is 60.1 Å². The van der Waals surface area contributed by atoms with Crippen LogP contribution in [-0.4, -0.2) is 27.6 Å². The predicted octanol–water partition coefficient (Wildman–Crippen LogP) is 4.02. The molecule has 25 heavy (non-hydrogen) atoms. The Hall–Kier alpha value is -2.07. The van der Waals surface area contributed by atoms with E-state index in [1.165, 1.54) is 0 Å². The lowest BCUT2D eigenvalue weighted by Gasteiger charge is -2.27. The van der Waals surface area contributed by atoms with Gasteiger partial charge >= 0.3 is 0 Å². The summed E-state index contributed by atoms with van der Waals surface area (Å²) in [5.74, 6) is 0.285. The van der Waals surface area contributed by atoms with Crippen molar-refractivity contribution in [3.63, 3.8) is 0 Å². The number of carbonyl (C=O) groups excluding carboxylic acids is 1. The number of anilines is 1. The molecule has 1 fully saturated rings. The van der Waals surface area contributed by atoms with Crippen molar-refractivity contribution in [1.82, 2.24) is 4.57 Å². The quantitative estimate of drug-likeness (QED) is 0.889. The van der Waals surface area contributed by atoms with E-state index in [2.05, 4.69) is 40.3 Å². The van der Waals surface area contributed by atoms with Crippen LogP contribution in [0.25, 0.3) is 5.69 Å². The third kappa shape index (κ3) is 3.23.